The van der Waals surface area contributed by atoms with Crippen molar-refractivity contribution >= 4 is 17.5 Å². The largest absolute Gasteiger partial charge is 0.389 e. The Morgan fingerprint density at radius 3 is 2.88 bits per heavy atom. The number of nitrogens with one attached hydrogen (secondary N) is 1. The van der Waals surface area contributed by atoms with Crippen LogP contribution in [0.25, 0.3) is 0 Å². The molecule has 4 aliphatic rings. The van der Waals surface area contributed by atoms with E-state index in [1.165, 1.54) is 0 Å². The zero-order valence-corrected chi connectivity index (χ0v) is 13.4. The lowest BCUT2D eigenvalue weighted by Gasteiger charge is -2.42. The number of fused-ring (bicyclic) bond motifs is 4. The fraction of sp³-hybridized carbons (Fsp3) is 0.556. The summed E-state index contributed by atoms with van der Waals surface area (Å²) in [4.78, 5) is 30.2. The minimum atomic E-state index is -0.866. The first-order valence-corrected chi connectivity index (χ1v) is 8.77. The third kappa shape index (κ3) is 1.62. The van der Waals surface area contributed by atoms with Gasteiger partial charge in [-0.2, -0.15) is 0 Å². The number of carbonyl (C=O) groups is 2. The number of likely N-dealkylation sites (tertiary alicyclic amines) is 1. The summed E-state index contributed by atoms with van der Waals surface area (Å²) in [7, 11) is 0. The van der Waals surface area contributed by atoms with E-state index < -0.39 is 11.6 Å². The third-order valence-electron chi connectivity index (χ3n) is 6.25. The van der Waals surface area contributed by atoms with Crippen molar-refractivity contribution in [1.29, 1.82) is 0 Å². The molecule has 4 heterocycles. The first-order chi connectivity index (χ1) is 11.6. The van der Waals surface area contributed by atoms with E-state index in [4.69, 9.17) is 0 Å². The molecule has 1 aromatic carbocycles. The van der Waals surface area contributed by atoms with Gasteiger partial charge in [0.05, 0.1) is 12.0 Å². The summed E-state index contributed by atoms with van der Waals surface area (Å²) in [5.41, 5.74) is 0.908. The SMILES string of the molecule is O=C([C@H]1C[C@H]2CCCN2[C@]12C(=O)Nc1ccccc12)N1CC(O)C1. The Balaban J connectivity index is 1.62. The zero-order chi connectivity index (χ0) is 16.5. The van der Waals surface area contributed by atoms with E-state index in [2.05, 4.69) is 10.2 Å². The van der Waals surface area contributed by atoms with Crippen molar-refractivity contribution < 1.29 is 14.7 Å². The Morgan fingerprint density at radius 1 is 1.29 bits per heavy atom. The van der Waals surface area contributed by atoms with Gasteiger partial charge in [0.15, 0.2) is 0 Å². The van der Waals surface area contributed by atoms with Crippen LogP contribution in [0.2, 0.25) is 0 Å². The number of β-amino-alcohol motifs (C(OH)–C–C–N with tert-alkyl or cyclic N) is 1. The molecule has 0 aliphatic carbocycles. The number of aliphatic hydroxyl groups is 1. The molecule has 6 heteroatoms. The number of aliphatic hydroxyl groups excluding tert-OH is 1. The van der Waals surface area contributed by atoms with Crippen molar-refractivity contribution in [1.82, 2.24) is 9.80 Å². The molecular weight excluding hydrogens is 306 g/mol. The third-order valence-corrected chi connectivity index (χ3v) is 6.25. The maximum Gasteiger partial charge on any atom is 0.250 e. The van der Waals surface area contributed by atoms with Crippen molar-refractivity contribution in [3.05, 3.63) is 29.8 Å². The van der Waals surface area contributed by atoms with Gasteiger partial charge in [-0.3, -0.25) is 14.5 Å². The van der Waals surface area contributed by atoms with Crippen LogP contribution in [-0.2, 0) is 15.1 Å². The summed E-state index contributed by atoms with van der Waals surface area (Å²) in [6.45, 7) is 1.64. The lowest BCUT2D eigenvalue weighted by molar-refractivity contribution is -0.152. The molecule has 0 radical (unpaired) electrons. The molecule has 2 amide bonds. The Hall–Kier alpha value is -1.92. The van der Waals surface area contributed by atoms with E-state index in [1.807, 2.05) is 24.3 Å². The Morgan fingerprint density at radius 2 is 2.08 bits per heavy atom. The molecule has 5 rings (SSSR count). The molecule has 3 atom stereocenters. The average Bonchev–Trinajstić information content (AvgIpc) is 3.19. The molecule has 4 aliphatic heterocycles. The van der Waals surface area contributed by atoms with Crippen LogP contribution < -0.4 is 5.32 Å². The second-order valence-electron chi connectivity index (χ2n) is 7.44. The van der Waals surface area contributed by atoms with Gasteiger partial charge < -0.3 is 15.3 Å². The highest BCUT2D eigenvalue weighted by atomic mass is 16.3. The van der Waals surface area contributed by atoms with E-state index >= 15 is 0 Å². The number of amides is 2. The lowest BCUT2D eigenvalue weighted by atomic mass is 9.77. The smallest absolute Gasteiger partial charge is 0.250 e. The second kappa shape index (κ2) is 4.80. The summed E-state index contributed by atoms with van der Waals surface area (Å²) in [5, 5.41) is 12.6. The Kier molecular flexibility index (Phi) is 2.89. The summed E-state index contributed by atoms with van der Waals surface area (Å²) in [5.74, 6) is -0.409. The van der Waals surface area contributed by atoms with Gasteiger partial charge in [0.2, 0.25) is 11.8 Å². The molecule has 3 fully saturated rings. The first-order valence-electron chi connectivity index (χ1n) is 8.77. The molecule has 2 N–H and O–H groups in total. The van der Waals surface area contributed by atoms with Gasteiger partial charge in [0, 0.05) is 30.4 Å². The van der Waals surface area contributed by atoms with Crippen molar-refractivity contribution in [2.24, 2.45) is 5.92 Å². The Bertz CT molecular complexity index is 730. The van der Waals surface area contributed by atoms with Crippen molar-refractivity contribution in [3.8, 4) is 0 Å². The van der Waals surface area contributed by atoms with E-state index in [9.17, 15) is 14.7 Å². The summed E-state index contributed by atoms with van der Waals surface area (Å²) >= 11 is 0. The van der Waals surface area contributed by atoms with Crippen LogP contribution in [0.5, 0.6) is 0 Å². The standard InChI is InChI=1S/C18H21N3O3/c22-12-9-20(10-12)16(23)14-8-11-4-3-7-21(11)18(14)13-5-1-2-6-15(13)19-17(18)24/h1-2,5-6,11-12,14,22H,3-4,7-10H2,(H,19,24)/t11-,14-,18+/m1/s1. The Labute approximate surface area is 140 Å². The molecule has 6 nitrogen and oxygen atoms in total. The maximum atomic E-state index is 13.1. The normalized spacial score (nSPS) is 35.0. The minimum Gasteiger partial charge on any atom is -0.389 e. The highest BCUT2D eigenvalue weighted by Gasteiger charge is 2.66. The molecule has 0 aromatic heterocycles. The lowest BCUT2D eigenvalue weighted by Crippen LogP contribution is -2.60. The number of para-hydroxylation sites is 1. The molecule has 3 saturated heterocycles. The van der Waals surface area contributed by atoms with E-state index in [0.717, 1.165) is 37.1 Å². The van der Waals surface area contributed by atoms with Gasteiger partial charge in [0.25, 0.3) is 0 Å². The number of anilines is 1. The van der Waals surface area contributed by atoms with Crippen LogP contribution in [0.4, 0.5) is 5.69 Å². The highest BCUT2D eigenvalue weighted by Crippen LogP contribution is 2.55. The van der Waals surface area contributed by atoms with Crippen LogP contribution in [0, 0.1) is 5.92 Å². The van der Waals surface area contributed by atoms with Crippen LogP contribution in [0.3, 0.4) is 0 Å². The summed E-state index contributed by atoms with van der Waals surface area (Å²) in [6.07, 6.45) is 2.43. The van der Waals surface area contributed by atoms with Crippen LogP contribution in [-0.4, -0.2) is 58.5 Å². The molecule has 0 bridgehead atoms. The number of rotatable bonds is 1. The quantitative estimate of drug-likeness (QED) is 0.789. The van der Waals surface area contributed by atoms with Gasteiger partial charge in [0.1, 0.15) is 5.54 Å². The summed E-state index contributed by atoms with van der Waals surface area (Å²) < 4.78 is 0. The number of nitrogens with zero attached hydrogens (tertiary/aromatic N) is 2. The summed E-state index contributed by atoms with van der Waals surface area (Å²) in [6, 6.07) is 8.05. The molecule has 126 valence electrons. The fourth-order valence-electron chi connectivity index (χ4n) is 5.22. The molecule has 1 spiro atoms. The molecule has 24 heavy (non-hydrogen) atoms. The van der Waals surface area contributed by atoms with Crippen LogP contribution in [0.15, 0.2) is 24.3 Å². The molecule has 1 aromatic rings. The van der Waals surface area contributed by atoms with Crippen molar-refractivity contribution in [2.45, 2.75) is 36.9 Å². The number of benzene rings is 1. The number of hydrogen-bond donors (Lipinski definition) is 2. The van der Waals surface area contributed by atoms with Crippen molar-refractivity contribution in [3.63, 3.8) is 0 Å². The predicted molar refractivity (Wildman–Crippen MR) is 87.2 cm³/mol. The topological polar surface area (TPSA) is 72.9 Å². The van der Waals surface area contributed by atoms with Gasteiger partial charge >= 0.3 is 0 Å². The molecular formula is C18H21N3O3. The maximum absolute atomic E-state index is 13.1. The second-order valence-corrected chi connectivity index (χ2v) is 7.44. The van der Waals surface area contributed by atoms with Crippen LogP contribution in [0.1, 0.15) is 24.8 Å². The zero-order valence-electron chi connectivity index (χ0n) is 13.4. The van der Waals surface area contributed by atoms with Crippen molar-refractivity contribution in [2.75, 3.05) is 25.0 Å². The fourth-order valence-corrected chi connectivity index (χ4v) is 5.22. The first kappa shape index (κ1) is 14.4. The highest BCUT2D eigenvalue weighted by molar-refractivity contribution is 6.09. The average molecular weight is 327 g/mol. The van der Waals surface area contributed by atoms with Gasteiger partial charge in [-0.15, -0.1) is 0 Å². The predicted octanol–water partition coefficient (Wildman–Crippen LogP) is 0.521. The van der Waals surface area contributed by atoms with E-state index in [-0.39, 0.29) is 17.7 Å². The van der Waals surface area contributed by atoms with Gasteiger partial charge in [-0.25, -0.2) is 0 Å². The molecule has 0 unspecified atom stereocenters. The van der Waals surface area contributed by atoms with Gasteiger partial charge in [-0.1, -0.05) is 18.2 Å². The van der Waals surface area contributed by atoms with E-state index in [1.54, 1.807) is 4.90 Å². The van der Waals surface area contributed by atoms with E-state index in [0.29, 0.717) is 19.1 Å². The number of carbonyl (C=O) groups excluding carboxylic acids is 2. The monoisotopic (exact) mass is 327 g/mol. The van der Waals surface area contributed by atoms with Crippen LogP contribution >= 0.6 is 0 Å². The molecule has 0 saturated carbocycles. The van der Waals surface area contributed by atoms with Gasteiger partial charge in [-0.05, 0) is 31.9 Å². The number of hydrogen-bond acceptors (Lipinski definition) is 4. The minimum absolute atomic E-state index is 0.0153.